The molecule has 0 atom stereocenters. The first-order chi connectivity index (χ1) is 14.1. The van der Waals surface area contributed by atoms with Crippen molar-refractivity contribution in [3.05, 3.63) is 70.0 Å². The van der Waals surface area contributed by atoms with E-state index in [2.05, 4.69) is 36.3 Å². The van der Waals surface area contributed by atoms with Crippen LogP contribution in [0.5, 0.6) is 0 Å². The number of hydrogen-bond donors (Lipinski definition) is 1. The number of aromatic nitrogens is 2. The number of carbonyl (C=O) groups excluding carboxylic acids is 1. The van der Waals surface area contributed by atoms with Gasteiger partial charge in [0.05, 0.1) is 16.7 Å². The van der Waals surface area contributed by atoms with Crippen LogP contribution in [-0.4, -0.2) is 27.8 Å². The monoisotopic (exact) mass is 409 g/mol. The summed E-state index contributed by atoms with van der Waals surface area (Å²) in [7, 11) is 0. The Balaban J connectivity index is 1.65. The number of rotatable bonds is 9. The molecular formula is C23H27N3O2S. The third-order valence-electron chi connectivity index (χ3n) is 4.87. The van der Waals surface area contributed by atoms with Crippen molar-refractivity contribution in [3.63, 3.8) is 0 Å². The second-order valence-corrected chi connectivity index (χ2v) is 7.98. The summed E-state index contributed by atoms with van der Waals surface area (Å²) in [6, 6.07) is 15.6. The van der Waals surface area contributed by atoms with Gasteiger partial charge in [-0.05, 0) is 43.0 Å². The highest BCUT2D eigenvalue weighted by Crippen LogP contribution is 2.18. The van der Waals surface area contributed by atoms with Crippen LogP contribution < -0.4 is 10.9 Å². The molecule has 6 heteroatoms. The minimum atomic E-state index is -0.0481. The highest BCUT2D eigenvalue weighted by molar-refractivity contribution is 7.99. The van der Waals surface area contributed by atoms with Gasteiger partial charge in [-0.1, -0.05) is 61.5 Å². The van der Waals surface area contributed by atoms with Gasteiger partial charge < -0.3 is 5.32 Å². The fourth-order valence-corrected chi connectivity index (χ4v) is 4.03. The number of carbonyl (C=O) groups is 1. The van der Waals surface area contributed by atoms with Crippen molar-refractivity contribution in [2.45, 2.75) is 44.8 Å². The SMILES string of the molecule is CCCCn1c(SCC(=O)NCCc2ccccc2C)nc2ccccc2c1=O. The molecule has 152 valence electrons. The maximum Gasteiger partial charge on any atom is 0.262 e. The Kier molecular flexibility index (Phi) is 7.47. The summed E-state index contributed by atoms with van der Waals surface area (Å²) < 4.78 is 1.71. The maximum atomic E-state index is 12.9. The zero-order valence-corrected chi connectivity index (χ0v) is 17.8. The van der Waals surface area contributed by atoms with E-state index in [1.165, 1.54) is 22.9 Å². The lowest BCUT2D eigenvalue weighted by atomic mass is 10.1. The first-order valence-electron chi connectivity index (χ1n) is 10.0. The van der Waals surface area contributed by atoms with Gasteiger partial charge >= 0.3 is 0 Å². The van der Waals surface area contributed by atoms with Crippen LogP contribution in [0, 0.1) is 6.92 Å². The number of para-hydroxylation sites is 1. The van der Waals surface area contributed by atoms with Crippen LogP contribution >= 0.6 is 11.8 Å². The number of nitrogens with one attached hydrogen (secondary N) is 1. The zero-order valence-electron chi connectivity index (χ0n) is 17.0. The predicted octanol–water partition coefficient (Wildman–Crippen LogP) is 3.96. The molecule has 0 saturated carbocycles. The summed E-state index contributed by atoms with van der Waals surface area (Å²) in [5, 5.41) is 4.20. The van der Waals surface area contributed by atoms with Gasteiger partial charge in [0.25, 0.3) is 5.56 Å². The Morgan fingerprint density at radius 3 is 2.69 bits per heavy atom. The Morgan fingerprint density at radius 2 is 1.90 bits per heavy atom. The van der Waals surface area contributed by atoms with Crippen LogP contribution in [-0.2, 0) is 17.8 Å². The van der Waals surface area contributed by atoms with E-state index in [1.54, 1.807) is 10.6 Å². The average molecular weight is 410 g/mol. The first kappa shape index (κ1) is 21.1. The summed E-state index contributed by atoms with van der Waals surface area (Å²) in [5.41, 5.74) is 3.11. The van der Waals surface area contributed by atoms with Gasteiger partial charge in [-0.15, -0.1) is 0 Å². The van der Waals surface area contributed by atoms with Crippen LogP contribution in [0.4, 0.5) is 0 Å². The van der Waals surface area contributed by atoms with Gasteiger partial charge in [-0.25, -0.2) is 4.98 Å². The van der Waals surface area contributed by atoms with Gasteiger partial charge in [0.1, 0.15) is 0 Å². The quantitative estimate of drug-likeness (QED) is 0.429. The molecule has 5 nitrogen and oxygen atoms in total. The fourth-order valence-electron chi connectivity index (χ4n) is 3.18. The topological polar surface area (TPSA) is 64.0 Å². The molecule has 0 fully saturated rings. The van der Waals surface area contributed by atoms with Crippen LogP contribution in [0.15, 0.2) is 58.5 Å². The Hall–Kier alpha value is -2.60. The van der Waals surface area contributed by atoms with E-state index in [4.69, 9.17) is 0 Å². The standard InChI is InChI=1S/C23H27N3O2S/c1-3-4-15-26-22(28)19-11-7-8-12-20(19)25-23(26)29-16-21(27)24-14-13-18-10-6-5-9-17(18)2/h5-12H,3-4,13-16H2,1-2H3,(H,24,27). The van der Waals surface area contributed by atoms with E-state index in [1.807, 2.05) is 30.3 Å². The summed E-state index contributed by atoms with van der Waals surface area (Å²) in [6.45, 7) is 5.38. The molecule has 3 aromatic rings. The van der Waals surface area contributed by atoms with E-state index in [-0.39, 0.29) is 17.2 Å². The number of hydrogen-bond acceptors (Lipinski definition) is 4. The molecule has 1 aromatic heterocycles. The van der Waals surface area contributed by atoms with Gasteiger partial charge in [0, 0.05) is 13.1 Å². The Morgan fingerprint density at radius 1 is 1.14 bits per heavy atom. The number of aryl methyl sites for hydroxylation is 1. The van der Waals surface area contributed by atoms with Crippen molar-refractivity contribution in [2.75, 3.05) is 12.3 Å². The van der Waals surface area contributed by atoms with Gasteiger partial charge in [-0.2, -0.15) is 0 Å². The number of unbranched alkanes of at least 4 members (excludes halogenated alkanes) is 1. The van der Waals surface area contributed by atoms with E-state index in [9.17, 15) is 9.59 Å². The summed E-state index contributed by atoms with van der Waals surface area (Å²) in [6.07, 6.45) is 2.69. The van der Waals surface area contributed by atoms with Crippen LogP contribution in [0.25, 0.3) is 10.9 Å². The molecule has 0 aliphatic rings. The van der Waals surface area contributed by atoms with Crippen molar-refractivity contribution in [1.82, 2.24) is 14.9 Å². The van der Waals surface area contributed by atoms with Crippen molar-refractivity contribution in [3.8, 4) is 0 Å². The van der Waals surface area contributed by atoms with Crippen molar-refractivity contribution in [1.29, 1.82) is 0 Å². The van der Waals surface area contributed by atoms with E-state index < -0.39 is 0 Å². The van der Waals surface area contributed by atoms with E-state index in [0.717, 1.165) is 19.3 Å². The second kappa shape index (κ2) is 10.3. The van der Waals surface area contributed by atoms with Gasteiger partial charge in [0.2, 0.25) is 5.91 Å². The molecule has 0 aliphatic carbocycles. The smallest absolute Gasteiger partial charge is 0.262 e. The average Bonchev–Trinajstić information content (AvgIpc) is 2.73. The Bertz CT molecular complexity index is 1050. The number of fused-ring (bicyclic) bond motifs is 1. The fraction of sp³-hybridized carbons (Fsp3) is 0.348. The van der Waals surface area contributed by atoms with Gasteiger partial charge in [0.15, 0.2) is 5.16 Å². The number of thioether (sulfide) groups is 1. The van der Waals surface area contributed by atoms with Crippen molar-refractivity contribution < 1.29 is 4.79 Å². The molecule has 1 heterocycles. The minimum Gasteiger partial charge on any atom is -0.355 e. The molecule has 0 aliphatic heterocycles. The number of nitrogens with zero attached hydrogens (tertiary/aromatic N) is 2. The lowest BCUT2D eigenvalue weighted by Crippen LogP contribution is -2.28. The normalized spacial score (nSPS) is 11.0. The molecule has 1 N–H and O–H groups in total. The zero-order chi connectivity index (χ0) is 20.6. The van der Waals surface area contributed by atoms with Crippen LogP contribution in [0.3, 0.4) is 0 Å². The molecule has 1 amide bonds. The first-order valence-corrected chi connectivity index (χ1v) is 11.0. The largest absolute Gasteiger partial charge is 0.355 e. The lowest BCUT2D eigenvalue weighted by Gasteiger charge is -2.13. The summed E-state index contributed by atoms with van der Waals surface area (Å²) in [5.74, 6) is 0.193. The highest BCUT2D eigenvalue weighted by Gasteiger charge is 2.13. The molecule has 0 saturated heterocycles. The molecule has 0 radical (unpaired) electrons. The van der Waals surface area contributed by atoms with E-state index >= 15 is 0 Å². The molecule has 0 unspecified atom stereocenters. The Labute approximate surface area is 175 Å². The second-order valence-electron chi connectivity index (χ2n) is 7.04. The summed E-state index contributed by atoms with van der Waals surface area (Å²) in [4.78, 5) is 29.8. The van der Waals surface area contributed by atoms with Crippen LogP contribution in [0.1, 0.15) is 30.9 Å². The molecule has 2 aromatic carbocycles. The lowest BCUT2D eigenvalue weighted by molar-refractivity contribution is -0.118. The van der Waals surface area contributed by atoms with Crippen molar-refractivity contribution >= 4 is 28.6 Å². The third kappa shape index (κ3) is 5.48. The number of benzene rings is 2. The summed E-state index contributed by atoms with van der Waals surface area (Å²) >= 11 is 1.32. The molecule has 0 bridgehead atoms. The molecule has 29 heavy (non-hydrogen) atoms. The van der Waals surface area contributed by atoms with E-state index in [0.29, 0.717) is 29.1 Å². The molecule has 3 rings (SSSR count). The molecular weight excluding hydrogens is 382 g/mol. The van der Waals surface area contributed by atoms with Crippen molar-refractivity contribution in [2.24, 2.45) is 0 Å². The van der Waals surface area contributed by atoms with Gasteiger partial charge in [-0.3, -0.25) is 14.2 Å². The molecule has 0 spiro atoms. The minimum absolute atomic E-state index is 0.0356. The maximum absolute atomic E-state index is 12.9. The number of amides is 1. The predicted molar refractivity (Wildman–Crippen MR) is 120 cm³/mol. The third-order valence-corrected chi connectivity index (χ3v) is 5.85. The highest BCUT2D eigenvalue weighted by atomic mass is 32.2. The van der Waals surface area contributed by atoms with Crippen LogP contribution in [0.2, 0.25) is 0 Å².